The fourth-order valence-corrected chi connectivity index (χ4v) is 1.40. The summed E-state index contributed by atoms with van der Waals surface area (Å²) in [7, 11) is 0. The van der Waals surface area contributed by atoms with Crippen molar-refractivity contribution < 1.29 is 9.18 Å². The van der Waals surface area contributed by atoms with Crippen molar-refractivity contribution in [2.45, 2.75) is 32.4 Å². The number of carbonyl (C=O) groups excluding carboxylic acids is 1. The van der Waals surface area contributed by atoms with Gasteiger partial charge in [-0.3, -0.25) is 4.79 Å². The average molecular weight is 259 g/mol. The number of hydrogen-bond acceptors (Lipinski definition) is 2. The molecule has 1 rings (SSSR count). The van der Waals surface area contributed by atoms with E-state index < -0.39 is 11.4 Å². The van der Waals surface area contributed by atoms with Gasteiger partial charge in [0.15, 0.2) is 0 Å². The molecule has 1 aromatic rings. The molecule has 0 spiro atoms. The van der Waals surface area contributed by atoms with Crippen LogP contribution in [0.1, 0.15) is 25.8 Å². The van der Waals surface area contributed by atoms with Gasteiger partial charge in [-0.05, 0) is 31.0 Å². The van der Waals surface area contributed by atoms with Crippen LogP contribution in [0, 0.1) is 5.82 Å². The second-order valence-corrected chi connectivity index (χ2v) is 4.61. The van der Waals surface area contributed by atoms with E-state index in [1.165, 1.54) is 12.1 Å². The van der Waals surface area contributed by atoms with Crippen LogP contribution in [0.5, 0.6) is 0 Å². The Bertz CT molecular complexity index is 421. The molecule has 0 bridgehead atoms. The Hall–Kier alpha value is -1.13. The van der Waals surface area contributed by atoms with Gasteiger partial charge in [0.2, 0.25) is 5.91 Å². The van der Waals surface area contributed by atoms with Crippen LogP contribution in [0.15, 0.2) is 18.2 Å². The second kappa shape index (κ2) is 5.47. The van der Waals surface area contributed by atoms with Crippen molar-refractivity contribution >= 4 is 17.5 Å². The summed E-state index contributed by atoms with van der Waals surface area (Å²) in [6.45, 7) is 3.79. The van der Waals surface area contributed by atoms with Crippen LogP contribution in [-0.4, -0.2) is 11.4 Å². The number of nitrogens with one attached hydrogen (secondary N) is 1. The van der Waals surface area contributed by atoms with Gasteiger partial charge in [0.1, 0.15) is 5.82 Å². The van der Waals surface area contributed by atoms with Crippen LogP contribution in [-0.2, 0) is 11.3 Å². The molecule has 0 aliphatic rings. The molecule has 94 valence electrons. The van der Waals surface area contributed by atoms with Gasteiger partial charge in [-0.1, -0.05) is 24.6 Å². The van der Waals surface area contributed by atoms with Gasteiger partial charge in [-0.25, -0.2) is 4.39 Å². The molecule has 5 heteroatoms. The average Bonchev–Trinajstić information content (AvgIpc) is 2.30. The standard InChI is InChI=1S/C12H16ClFN2O/c1-3-12(2,15)11(17)16-7-8-4-5-10(14)9(13)6-8/h4-6H,3,7,15H2,1-2H3,(H,16,17). The highest BCUT2D eigenvalue weighted by molar-refractivity contribution is 6.30. The molecular formula is C12H16ClFN2O. The lowest BCUT2D eigenvalue weighted by Crippen LogP contribution is -2.50. The first-order chi connectivity index (χ1) is 7.86. The summed E-state index contributed by atoms with van der Waals surface area (Å²) in [5, 5.41) is 2.74. The fourth-order valence-electron chi connectivity index (χ4n) is 1.19. The van der Waals surface area contributed by atoms with Crippen LogP contribution in [0.3, 0.4) is 0 Å². The van der Waals surface area contributed by atoms with E-state index >= 15 is 0 Å². The van der Waals surface area contributed by atoms with Gasteiger partial charge in [-0.2, -0.15) is 0 Å². The van der Waals surface area contributed by atoms with E-state index in [1.54, 1.807) is 13.0 Å². The van der Waals surface area contributed by atoms with Crippen molar-refractivity contribution in [3.05, 3.63) is 34.6 Å². The van der Waals surface area contributed by atoms with Crippen LogP contribution >= 0.6 is 11.6 Å². The molecule has 0 saturated heterocycles. The number of rotatable bonds is 4. The number of amides is 1. The number of nitrogens with two attached hydrogens (primary N) is 1. The molecule has 0 saturated carbocycles. The number of halogens is 2. The number of carbonyl (C=O) groups is 1. The summed E-state index contributed by atoms with van der Waals surface area (Å²) in [6, 6.07) is 4.32. The van der Waals surface area contributed by atoms with Crippen LogP contribution in [0.25, 0.3) is 0 Å². The summed E-state index contributed by atoms with van der Waals surface area (Å²) in [5.74, 6) is -0.709. The zero-order valence-corrected chi connectivity index (χ0v) is 10.6. The molecule has 1 atom stereocenters. The first-order valence-electron chi connectivity index (χ1n) is 5.38. The fraction of sp³-hybridized carbons (Fsp3) is 0.417. The van der Waals surface area contributed by atoms with E-state index in [1.807, 2.05) is 6.92 Å². The maximum Gasteiger partial charge on any atom is 0.240 e. The maximum absolute atomic E-state index is 12.9. The zero-order chi connectivity index (χ0) is 13.1. The van der Waals surface area contributed by atoms with Crippen molar-refractivity contribution in [2.24, 2.45) is 5.73 Å². The minimum absolute atomic E-state index is 0.0442. The Morgan fingerprint density at radius 3 is 2.76 bits per heavy atom. The van der Waals surface area contributed by atoms with Gasteiger partial charge in [0, 0.05) is 6.54 Å². The van der Waals surface area contributed by atoms with Crippen LogP contribution in [0.2, 0.25) is 5.02 Å². The van der Waals surface area contributed by atoms with Crippen LogP contribution in [0.4, 0.5) is 4.39 Å². The summed E-state index contributed by atoms with van der Waals surface area (Å²) < 4.78 is 12.9. The Labute approximate surface area is 105 Å². The highest BCUT2D eigenvalue weighted by Gasteiger charge is 2.25. The van der Waals surface area contributed by atoms with E-state index in [-0.39, 0.29) is 17.5 Å². The van der Waals surface area contributed by atoms with E-state index in [9.17, 15) is 9.18 Å². The molecule has 1 aromatic carbocycles. The first-order valence-corrected chi connectivity index (χ1v) is 5.75. The van der Waals surface area contributed by atoms with E-state index in [0.717, 1.165) is 5.56 Å². The molecule has 0 radical (unpaired) electrons. The van der Waals surface area contributed by atoms with Crippen molar-refractivity contribution in [2.75, 3.05) is 0 Å². The minimum Gasteiger partial charge on any atom is -0.350 e. The van der Waals surface area contributed by atoms with Crippen molar-refractivity contribution in [3.63, 3.8) is 0 Å². The maximum atomic E-state index is 12.9. The first kappa shape index (κ1) is 13.9. The predicted octanol–water partition coefficient (Wildman–Crippen LogP) is 2.22. The number of hydrogen-bond donors (Lipinski definition) is 2. The van der Waals surface area contributed by atoms with Gasteiger partial charge in [-0.15, -0.1) is 0 Å². The quantitative estimate of drug-likeness (QED) is 0.870. The SMILES string of the molecule is CCC(C)(N)C(=O)NCc1ccc(F)c(Cl)c1. The topological polar surface area (TPSA) is 55.1 Å². The van der Waals surface area contributed by atoms with Gasteiger partial charge >= 0.3 is 0 Å². The van der Waals surface area contributed by atoms with E-state index in [2.05, 4.69) is 5.32 Å². The molecule has 0 fully saturated rings. The molecule has 1 unspecified atom stereocenters. The molecule has 3 nitrogen and oxygen atoms in total. The molecule has 0 aromatic heterocycles. The third kappa shape index (κ3) is 3.68. The normalized spacial score (nSPS) is 14.2. The Kier molecular flexibility index (Phi) is 4.48. The number of benzene rings is 1. The molecule has 0 aliphatic heterocycles. The largest absolute Gasteiger partial charge is 0.350 e. The summed E-state index contributed by atoms with van der Waals surface area (Å²) in [5.41, 5.74) is 5.63. The lowest BCUT2D eigenvalue weighted by atomic mass is 9.99. The zero-order valence-electron chi connectivity index (χ0n) is 9.89. The Morgan fingerprint density at radius 1 is 1.59 bits per heavy atom. The molecular weight excluding hydrogens is 243 g/mol. The van der Waals surface area contributed by atoms with Crippen LogP contribution < -0.4 is 11.1 Å². The molecule has 0 aliphatic carbocycles. The predicted molar refractivity (Wildman–Crippen MR) is 66.1 cm³/mol. The van der Waals surface area contributed by atoms with Gasteiger partial charge in [0.25, 0.3) is 0 Å². The molecule has 17 heavy (non-hydrogen) atoms. The van der Waals surface area contributed by atoms with E-state index in [4.69, 9.17) is 17.3 Å². The van der Waals surface area contributed by atoms with E-state index in [0.29, 0.717) is 6.42 Å². The highest BCUT2D eigenvalue weighted by atomic mass is 35.5. The molecule has 3 N–H and O–H groups in total. The second-order valence-electron chi connectivity index (χ2n) is 4.20. The van der Waals surface area contributed by atoms with Crippen molar-refractivity contribution in [1.82, 2.24) is 5.32 Å². The highest BCUT2D eigenvalue weighted by Crippen LogP contribution is 2.16. The lowest BCUT2D eigenvalue weighted by Gasteiger charge is -2.21. The molecule has 1 amide bonds. The minimum atomic E-state index is -0.885. The van der Waals surface area contributed by atoms with Gasteiger partial charge < -0.3 is 11.1 Å². The third-order valence-corrected chi connectivity index (χ3v) is 2.98. The monoisotopic (exact) mass is 258 g/mol. The lowest BCUT2D eigenvalue weighted by molar-refractivity contribution is -0.126. The van der Waals surface area contributed by atoms with Crippen molar-refractivity contribution in [3.8, 4) is 0 Å². The third-order valence-electron chi connectivity index (χ3n) is 2.69. The Balaban J connectivity index is 2.62. The molecule has 0 heterocycles. The Morgan fingerprint density at radius 2 is 2.24 bits per heavy atom. The summed E-state index contributed by atoms with van der Waals surface area (Å²) in [6.07, 6.45) is 0.545. The van der Waals surface area contributed by atoms with Gasteiger partial charge in [0.05, 0.1) is 10.6 Å². The smallest absolute Gasteiger partial charge is 0.240 e. The van der Waals surface area contributed by atoms with Crippen molar-refractivity contribution in [1.29, 1.82) is 0 Å². The summed E-state index contributed by atoms with van der Waals surface area (Å²) in [4.78, 5) is 11.7. The summed E-state index contributed by atoms with van der Waals surface area (Å²) >= 11 is 5.63.